The van der Waals surface area contributed by atoms with Crippen LogP contribution in [0.25, 0.3) is 22.3 Å². The highest BCUT2D eigenvalue weighted by Crippen LogP contribution is 2.21. The van der Waals surface area contributed by atoms with Crippen molar-refractivity contribution in [2.75, 3.05) is 0 Å². The number of benzene rings is 2. The van der Waals surface area contributed by atoms with Crippen LogP contribution in [-0.2, 0) is 6.54 Å². The predicted octanol–water partition coefficient (Wildman–Crippen LogP) is 4.48. The minimum atomic E-state index is 0.00424. The van der Waals surface area contributed by atoms with Gasteiger partial charge in [-0.25, -0.2) is 4.98 Å². The summed E-state index contributed by atoms with van der Waals surface area (Å²) in [6.45, 7) is 2.59. The first-order chi connectivity index (χ1) is 11.7. The van der Waals surface area contributed by atoms with E-state index in [1.165, 1.54) is 5.56 Å². The normalized spacial score (nSPS) is 11.0. The van der Waals surface area contributed by atoms with Gasteiger partial charge in [-0.05, 0) is 30.5 Å². The van der Waals surface area contributed by atoms with Crippen LogP contribution in [0, 0.1) is 6.92 Å². The van der Waals surface area contributed by atoms with E-state index in [0.29, 0.717) is 17.8 Å². The SMILES string of the molecule is Cc1ccc(-c2nc3ccccc3c(=O)n2Cc2cccs2)cc1. The van der Waals surface area contributed by atoms with E-state index in [1.807, 2.05) is 66.0 Å². The molecular formula is C20H16N2OS. The summed E-state index contributed by atoms with van der Waals surface area (Å²) in [7, 11) is 0. The molecule has 4 aromatic rings. The molecule has 0 atom stereocenters. The van der Waals surface area contributed by atoms with Crippen LogP contribution in [0.2, 0.25) is 0 Å². The molecule has 0 saturated heterocycles. The maximum atomic E-state index is 13.0. The standard InChI is InChI=1S/C20H16N2OS/c1-14-8-10-15(11-9-14)19-21-18-7-3-2-6-17(18)20(23)22(19)13-16-5-4-12-24-16/h2-12H,13H2,1H3. The van der Waals surface area contributed by atoms with Crippen molar-refractivity contribution in [3.8, 4) is 11.4 Å². The second-order valence-corrected chi connectivity index (χ2v) is 6.82. The summed E-state index contributed by atoms with van der Waals surface area (Å²) >= 11 is 1.65. The highest BCUT2D eigenvalue weighted by atomic mass is 32.1. The minimum Gasteiger partial charge on any atom is -0.287 e. The number of aromatic nitrogens is 2. The molecule has 3 nitrogen and oxygen atoms in total. The Balaban J connectivity index is 1.98. The lowest BCUT2D eigenvalue weighted by molar-refractivity contribution is 0.769. The van der Waals surface area contributed by atoms with Crippen LogP contribution in [0.4, 0.5) is 0 Å². The van der Waals surface area contributed by atoms with Crippen molar-refractivity contribution in [1.82, 2.24) is 9.55 Å². The number of hydrogen-bond acceptors (Lipinski definition) is 3. The van der Waals surface area contributed by atoms with Gasteiger partial charge in [0.15, 0.2) is 0 Å². The van der Waals surface area contributed by atoms with E-state index in [2.05, 4.69) is 6.92 Å². The minimum absolute atomic E-state index is 0.00424. The third-order valence-electron chi connectivity index (χ3n) is 4.07. The van der Waals surface area contributed by atoms with Crippen LogP contribution >= 0.6 is 11.3 Å². The van der Waals surface area contributed by atoms with Gasteiger partial charge in [-0.15, -0.1) is 11.3 Å². The zero-order valence-corrected chi connectivity index (χ0v) is 14.1. The van der Waals surface area contributed by atoms with Gasteiger partial charge >= 0.3 is 0 Å². The molecule has 0 aliphatic rings. The lowest BCUT2D eigenvalue weighted by Gasteiger charge is -2.13. The van der Waals surface area contributed by atoms with Gasteiger partial charge < -0.3 is 0 Å². The van der Waals surface area contributed by atoms with Gasteiger partial charge in [0, 0.05) is 10.4 Å². The number of hydrogen-bond donors (Lipinski definition) is 0. The Morgan fingerprint density at radius 1 is 1.00 bits per heavy atom. The van der Waals surface area contributed by atoms with E-state index in [4.69, 9.17) is 4.98 Å². The molecular weight excluding hydrogens is 316 g/mol. The average molecular weight is 332 g/mol. The molecule has 0 aliphatic carbocycles. The molecule has 4 rings (SSSR count). The molecule has 0 unspecified atom stereocenters. The van der Waals surface area contributed by atoms with E-state index < -0.39 is 0 Å². The van der Waals surface area contributed by atoms with Crippen molar-refractivity contribution in [3.63, 3.8) is 0 Å². The van der Waals surface area contributed by atoms with Crippen LogP contribution in [0.5, 0.6) is 0 Å². The summed E-state index contributed by atoms with van der Waals surface area (Å²) in [6.07, 6.45) is 0. The summed E-state index contributed by atoms with van der Waals surface area (Å²) in [5.41, 5.74) is 2.89. The van der Waals surface area contributed by atoms with Crippen molar-refractivity contribution in [2.45, 2.75) is 13.5 Å². The Labute approximate surface area is 143 Å². The van der Waals surface area contributed by atoms with E-state index in [1.54, 1.807) is 15.9 Å². The van der Waals surface area contributed by atoms with Crippen molar-refractivity contribution in [2.24, 2.45) is 0 Å². The zero-order chi connectivity index (χ0) is 16.5. The molecule has 0 saturated carbocycles. The molecule has 0 fully saturated rings. The Kier molecular flexibility index (Phi) is 3.75. The van der Waals surface area contributed by atoms with Gasteiger partial charge in [-0.1, -0.05) is 48.0 Å². The molecule has 2 aromatic carbocycles. The second-order valence-electron chi connectivity index (χ2n) is 5.79. The smallest absolute Gasteiger partial charge is 0.261 e. The summed E-state index contributed by atoms with van der Waals surface area (Å²) in [4.78, 5) is 19.0. The van der Waals surface area contributed by atoms with Crippen LogP contribution < -0.4 is 5.56 Å². The molecule has 2 heterocycles. The molecule has 24 heavy (non-hydrogen) atoms. The molecule has 118 valence electrons. The topological polar surface area (TPSA) is 34.9 Å². The fourth-order valence-corrected chi connectivity index (χ4v) is 3.49. The molecule has 0 amide bonds. The second kappa shape index (κ2) is 6.06. The largest absolute Gasteiger partial charge is 0.287 e. The van der Waals surface area contributed by atoms with Gasteiger partial charge in [-0.3, -0.25) is 9.36 Å². The summed E-state index contributed by atoms with van der Waals surface area (Å²) in [6, 6.07) is 19.7. The first-order valence-corrected chi connectivity index (χ1v) is 8.69. The molecule has 0 aliphatic heterocycles. The maximum Gasteiger partial charge on any atom is 0.261 e. The first-order valence-electron chi connectivity index (χ1n) is 7.81. The summed E-state index contributed by atoms with van der Waals surface area (Å²) < 4.78 is 1.78. The highest BCUT2D eigenvalue weighted by Gasteiger charge is 2.13. The van der Waals surface area contributed by atoms with Crippen LogP contribution in [0.3, 0.4) is 0 Å². The summed E-state index contributed by atoms with van der Waals surface area (Å²) in [5, 5.41) is 2.69. The quantitative estimate of drug-likeness (QED) is 0.554. The van der Waals surface area contributed by atoms with Gasteiger partial charge in [-0.2, -0.15) is 0 Å². The van der Waals surface area contributed by atoms with Gasteiger partial charge in [0.05, 0.1) is 17.4 Å². The highest BCUT2D eigenvalue weighted by molar-refractivity contribution is 7.09. The number of nitrogens with zero attached hydrogens (tertiary/aromatic N) is 2. The van der Waals surface area contributed by atoms with Crippen LogP contribution in [-0.4, -0.2) is 9.55 Å². The van der Waals surface area contributed by atoms with Gasteiger partial charge in [0.25, 0.3) is 5.56 Å². The summed E-state index contributed by atoms with van der Waals surface area (Å²) in [5.74, 6) is 0.715. The van der Waals surface area contributed by atoms with Gasteiger partial charge in [0.1, 0.15) is 5.82 Å². The predicted molar refractivity (Wildman–Crippen MR) is 99.6 cm³/mol. The monoisotopic (exact) mass is 332 g/mol. The molecule has 0 bridgehead atoms. The number of para-hydroxylation sites is 1. The van der Waals surface area contributed by atoms with Crippen molar-refractivity contribution in [3.05, 3.63) is 86.8 Å². The number of thiophene rings is 1. The maximum absolute atomic E-state index is 13.0. The van der Waals surface area contributed by atoms with Crippen molar-refractivity contribution >= 4 is 22.2 Å². The molecule has 0 N–H and O–H groups in total. The van der Waals surface area contributed by atoms with E-state index in [0.717, 1.165) is 16.0 Å². The lowest BCUT2D eigenvalue weighted by Crippen LogP contribution is -2.23. The Morgan fingerprint density at radius 2 is 1.79 bits per heavy atom. The third-order valence-corrected chi connectivity index (χ3v) is 4.93. The fraction of sp³-hybridized carbons (Fsp3) is 0.100. The number of rotatable bonds is 3. The Hall–Kier alpha value is -2.72. The van der Waals surface area contributed by atoms with Crippen LogP contribution in [0.15, 0.2) is 70.8 Å². The molecule has 2 aromatic heterocycles. The van der Waals surface area contributed by atoms with Crippen molar-refractivity contribution in [1.29, 1.82) is 0 Å². The number of aryl methyl sites for hydroxylation is 1. The number of fused-ring (bicyclic) bond motifs is 1. The van der Waals surface area contributed by atoms with E-state index in [9.17, 15) is 4.79 Å². The lowest BCUT2D eigenvalue weighted by atomic mass is 10.1. The third kappa shape index (κ3) is 2.65. The average Bonchev–Trinajstić information content (AvgIpc) is 3.11. The van der Waals surface area contributed by atoms with Gasteiger partial charge in [0.2, 0.25) is 0 Å². The van der Waals surface area contributed by atoms with Crippen molar-refractivity contribution < 1.29 is 0 Å². The molecule has 0 spiro atoms. The van der Waals surface area contributed by atoms with Crippen LogP contribution in [0.1, 0.15) is 10.4 Å². The molecule has 4 heteroatoms. The molecule has 0 radical (unpaired) electrons. The Bertz CT molecular complexity index is 1050. The Morgan fingerprint density at radius 3 is 2.54 bits per heavy atom. The van der Waals surface area contributed by atoms with E-state index in [-0.39, 0.29) is 5.56 Å². The first kappa shape index (κ1) is 14.8. The zero-order valence-electron chi connectivity index (χ0n) is 13.3. The fourth-order valence-electron chi connectivity index (χ4n) is 2.80. The van der Waals surface area contributed by atoms with E-state index >= 15 is 0 Å².